The molecule has 1 atom stereocenters. The number of aromatic nitrogens is 3. The van der Waals surface area contributed by atoms with Gasteiger partial charge in [0.1, 0.15) is 18.2 Å². The van der Waals surface area contributed by atoms with Crippen molar-refractivity contribution in [2.45, 2.75) is 13.0 Å². The van der Waals surface area contributed by atoms with Crippen LogP contribution in [0.1, 0.15) is 28.9 Å². The number of para-hydroxylation sites is 1. The third-order valence-corrected chi connectivity index (χ3v) is 4.61. The summed E-state index contributed by atoms with van der Waals surface area (Å²) in [6.07, 6.45) is 3.07. The lowest BCUT2D eigenvalue weighted by atomic mass is 10.1. The first kappa shape index (κ1) is 18.4. The van der Waals surface area contributed by atoms with Gasteiger partial charge in [-0.3, -0.25) is 4.79 Å². The maximum Gasteiger partial charge on any atom is 0.349 e. The molecule has 0 aliphatic carbocycles. The Hall–Kier alpha value is -3.94. The minimum Gasteiger partial charge on any atom is -0.493 e. The Balaban J connectivity index is 1.56. The van der Waals surface area contributed by atoms with Crippen LogP contribution in [0.4, 0.5) is 0 Å². The monoisotopic (exact) mass is 390 g/mol. The Bertz CT molecular complexity index is 1210. The second-order valence-electron chi connectivity index (χ2n) is 6.45. The maximum absolute atomic E-state index is 12.7. The second-order valence-corrected chi connectivity index (χ2v) is 6.45. The molecule has 2 aromatic carbocycles. The van der Waals surface area contributed by atoms with Gasteiger partial charge in [0.05, 0.1) is 18.8 Å². The van der Waals surface area contributed by atoms with Crippen LogP contribution in [0.25, 0.3) is 16.7 Å². The van der Waals surface area contributed by atoms with E-state index in [1.807, 2.05) is 31.2 Å². The van der Waals surface area contributed by atoms with E-state index >= 15 is 0 Å². The van der Waals surface area contributed by atoms with Crippen LogP contribution in [0, 0.1) is 0 Å². The highest BCUT2D eigenvalue weighted by Crippen LogP contribution is 2.24. The third-order valence-electron chi connectivity index (χ3n) is 4.61. The van der Waals surface area contributed by atoms with Crippen LogP contribution in [-0.4, -0.2) is 27.8 Å². The van der Waals surface area contributed by atoms with Crippen molar-refractivity contribution in [3.63, 3.8) is 0 Å². The molecule has 0 fully saturated rings. The van der Waals surface area contributed by atoms with E-state index in [-0.39, 0.29) is 11.6 Å². The summed E-state index contributed by atoms with van der Waals surface area (Å²) in [6.45, 7) is 1.84. The number of rotatable bonds is 5. The fourth-order valence-corrected chi connectivity index (χ4v) is 3.05. The number of amides is 1. The molecule has 0 radical (unpaired) electrons. The average molecular weight is 390 g/mol. The molecule has 0 spiro atoms. The zero-order valence-corrected chi connectivity index (χ0v) is 15.8. The van der Waals surface area contributed by atoms with Crippen molar-refractivity contribution in [2.24, 2.45) is 0 Å². The van der Waals surface area contributed by atoms with E-state index in [9.17, 15) is 9.59 Å². The van der Waals surface area contributed by atoms with Gasteiger partial charge in [0.15, 0.2) is 11.3 Å². The predicted molar refractivity (Wildman–Crippen MR) is 106 cm³/mol. The van der Waals surface area contributed by atoms with Gasteiger partial charge < -0.3 is 14.5 Å². The van der Waals surface area contributed by atoms with E-state index in [2.05, 4.69) is 15.4 Å². The van der Waals surface area contributed by atoms with Crippen LogP contribution in [0.5, 0.6) is 5.75 Å². The number of fused-ring (bicyclic) bond motifs is 1. The quantitative estimate of drug-likeness (QED) is 0.526. The zero-order valence-electron chi connectivity index (χ0n) is 15.8. The molecule has 29 heavy (non-hydrogen) atoms. The molecule has 0 saturated heterocycles. The summed E-state index contributed by atoms with van der Waals surface area (Å²) >= 11 is 0. The van der Waals surface area contributed by atoms with Gasteiger partial charge in [0.25, 0.3) is 5.91 Å². The highest BCUT2D eigenvalue weighted by atomic mass is 16.5. The van der Waals surface area contributed by atoms with Gasteiger partial charge in [-0.15, -0.1) is 0 Å². The Morgan fingerprint density at radius 2 is 2.00 bits per heavy atom. The van der Waals surface area contributed by atoms with Crippen molar-refractivity contribution in [1.82, 2.24) is 20.1 Å². The molecule has 2 heterocycles. The summed E-state index contributed by atoms with van der Waals surface area (Å²) in [4.78, 5) is 28.9. The number of benzene rings is 2. The SMILES string of the molecule is COc1cccc2cc(C(=O)N[C@@H](C)c3ccc(-n4cncn4)cc3)c(=O)oc12. The molecule has 4 aromatic rings. The smallest absolute Gasteiger partial charge is 0.349 e. The first-order valence-corrected chi connectivity index (χ1v) is 8.93. The lowest BCUT2D eigenvalue weighted by molar-refractivity contribution is 0.0936. The van der Waals surface area contributed by atoms with Crippen LogP contribution in [0.2, 0.25) is 0 Å². The van der Waals surface area contributed by atoms with Gasteiger partial charge >= 0.3 is 5.63 Å². The maximum atomic E-state index is 12.7. The first-order chi connectivity index (χ1) is 14.1. The Morgan fingerprint density at radius 3 is 2.69 bits per heavy atom. The van der Waals surface area contributed by atoms with Crippen molar-refractivity contribution < 1.29 is 13.9 Å². The van der Waals surface area contributed by atoms with Crippen LogP contribution >= 0.6 is 0 Å². The van der Waals surface area contributed by atoms with Crippen molar-refractivity contribution >= 4 is 16.9 Å². The van der Waals surface area contributed by atoms with E-state index in [0.29, 0.717) is 16.7 Å². The number of carbonyl (C=O) groups excluding carboxylic acids is 1. The highest BCUT2D eigenvalue weighted by Gasteiger charge is 2.18. The minimum atomic E-state index is -0.715. The predicted octanol–water partition coefficient (Wildman–Crippen LogP) is 2.87. The summed E-state index contributed by atoms with van der Waals surface area (Å²) < 4.78 is 12.2. The van der Waals surface area contributed by atoms with E-state index in [1.165, 1.54) is 19.5 Å². The van der Waals surface area contributed by atoms with Crippen LogP contribution in [0.15, 0.2) is 70.4 Å². The molecule has 146 valence electrons. The fourth-order valence-electron chi connectivity index (χ4n) is 3.05. The summed E-state index contributed by atoms with van der Waals surface area (Å²) in [5, 5.41) is 7.52. The van der Waals surface area contributed by atoms with Gasteiger partial charge in [0.2, 0.25) is 0 Å². The molecule has 0 saturated carbocycles. The van der Waals surface area contributed by atoms with Crippen molar-refractivity contribution in [3.8, 4) is 11.4 Å². The molecule has 8 nitrogen and oxygen atoms in total. The largest absolute Gasteiger partial charge is 0.493 e. The standard InChI is InChI=1S/C21H18N4O4/c1-13(14-6-8-16(9-7-14)25-12-22-11-23-25)24-20(26)17-10-15-4-3-5-18(28-2)19(15)29-21(17)27/h3-13H,1-2H3,(H,24,26)/t13-/m0/s1. The van der Waals surface area contributed by atoms with Gasteiger partial charge in [-0.05, 0) is 36.8 Å². The van der Waals surface area contributed by atoms with Gasteiger partial charge in [-0.1, -0.05) is 24.3 Å². The van der Waals surface area contributed by atoms with E-state index in [0.717, 1.165) is 11.3 Å². The molecule has 8 heteroatoms. The molecule has 0 bridgehead atoms. The molecule has 0 aliphatic rings. The molecule has 0 unspecified atom stereocenters. The van der Waals surface area contributed by atoms with Crippen LogP contribution in [0.3, 0.4) is 0 Å². The molecule has 0 aliphatic heterocycles. The number of hydrogen-bond donors (Lipinski definition) is 1. The summed E-state index contributed by atoms with van der Waals surface area (Å²) in [5.74, 6) is -0.0660. The highest BCUT2D eigenvalue weighted by molar-refractivity contribution is 5.97. The number of carbonyl (C=O) groups is 1. The lowest BCUT2D eigenvalue weighted by Gasteiger charge is -2.15. The number of ether oxygens (including phenoxy) is 1. The van der Waals surface area contributed by atoms with Crippen LogP contribution < -0.4 is 15.7 Å². The minimum absolute atomic E-state index is 0.0585. The van der Waals surface area contributed by atoms with Gasteiger partial charge in [-0.25, -0.2) is 14.5 Å². The van der Waals surface area contributed by atoms with Crippen molar-refractivity contribution in [3.05, 3.63) is 82.7 Å². The normalized spacial score (nSPS) is 11.9. The number of nitrogens with one attached hydrogen (secondary N) is 1. The van der Waals surface area contributed by atoms with E-state index in [4.69, 9.17) is 9.15 Å². The number of hydrogen-bond acceptors (Lipinski definition) is 6. The molecule has 4 rings (SSSR count). The van der Waals surface area contributed by atoms with Gasteiger partial charge in [-0.2, -0.15) is 5.10 Å². The van der Waals surface area contributed by atoms with Crippen molar-refractivity contribution in [2.75, 3.05) is 7.11 Å². The first-order valence-electron chi connectivity index (χ1n) is 8.93. The molecule has 1 amide bonds. The Morgan fingerprint density at radius 1 is 1.21 bits per heavy atom. The Kier molecular flexibility index (Phi) is 4.82. The topological polar surface area (TPSA) is 99.2 Å². The number of nitrogens with zero attached hydrogens (tertiary/aromatic N) is 3. The average Bonchev–Trinajstić information content (AvgIpc) is 3.27. The summed E-state index contributed by atoms with van der Waals surface area (Å²) in [6, 6.07) is 13.9. The molecule has 1 N–H and O–H groups in total. The van der Waals surface area contributed by atoms with Crippen LogP contribution in [-0.2, 0) is 0 Å². The third kappa shape index (κ3) is 3.60. The number of methoxy groups -OCH3 is 1. The zero-order chi connectivity index (χ0) is 20.4. The molecular formula is C21H18N4O4. The molecule has 2 aromatic heterocycles. The van der Waals surface area contributed by atoms with Gasteiger partial charge in [0, 0.05) is 5.39 Å². The summed E-state index contributed by atoms with van der Waals surface area (Å²) in [5.41, 5.74) is 1.28. The van der Waals surface area contributed by atoms with E-state index < -0.39 is 11.5 Å². The Labute approximate surface area is 165 Å². The van der Waals surface area contributed by atoms with Crippen molar-refractivity contribution in [1.29, 1.82) is 0 Å². The second kappa shape index (κ2) is 7.59. The summed E-state index contributed by atoms with van der Waals surface area (Å²) in [7, 11) is 1.49. The van der Waals surface area contributed by atoms with E-state index in [1.54, 1.807) is 29.2 Å². The molecular weight excluding hydrogens is 372 g/mol. The lowest BCUT2D eigenvalue weighted by Crippen LogP contribution is -2.30. The fraction of sp³-hybridized carbons (Fsp3) is 0.143.